The maximum Gasteiger partial charge on any atom is 0.108 e. The van der Waals surface area contributed by atoms with E-state index in [1.165, 1.54) is 32.1 Å². The first-order valence-corrected chi connectivity index (χ1v) is 6.61. The molecule has 0 spiro atoms. The van der Waals surface area contributed by atoms with Gasteiger partial charge in [-0.15, -0.1) is 0 Å². The maximum atomic E-state index is 9.06. The SMILES string of the molecule is CCCNC(C#N)CN(C)C1CCCCC1. The topological polar surface area (TPSA) is 39.1 Å². The van der Waals surface area contributed by atoms with Crippen LogP contribution >= 0.6 is 0 Å². The van der Waals surface area contributed by atoms with E-state index >= 15 is 0 Å². The van der Waals surface area contributed by atoms with E-state index < -0.39 is 0 Å². The molecule has 0 aromatic carbocycles. The zero-order chi connectivity index (χ0) is 11.8. The predicted molar refractivity (Wildman–Crippen MR) is 67.2 cm³/mol. The van der Waals surface area contributed by atoms with Crippen LogP contribution in [0.2, 0.25) is 0 Å². The number of hydrogen-bond acceptors (Lipinski definition) is 3. The molecule has 1 aliphatic rings. The standard InChI is InChI=1S/C13H25N3/c1-3-9-15-12(10-14)11-16(2)13-7-5-4-6-8-13/h12-13,15H,3-9,11H2,1-2H3. The zero-order valence-corrected chi connectivity index (χ0v) is 10.7. The quantitative estimate of drug-likeness (QED) is 0.750. The van der Waals surface area contributed by atoms with E-state index in [1.54, 1.807) is 0 Å². The van der Waals surface area contributed by atoms with Crippen molar-refractivity contribution in [3.05, 3.63) is 0 Å². The Morgan fingerprint density at radius 1 is 1.38 bits per heavy atom. The summed E-state index contributed by atoms with van der Waals surface area (Å²) in [6, 6.07) is 3.05. The van der Waals surface area contributed by atoms with Crippen molar-refractivity contribution in [2.24, 2.45) is 0 Å². The third-order valence-electron chi connectivity index (χ3n) is 3.47. The third kappa shape index (κ3) is 4.51. The smallest absolute Gasteiger partial charge is 0.108 e. The average molecular weight is 223 g/mol. The van der Waals surface area contributed by atoms with Gasteiger partial charge in [-0.25, -0.2) is 0 Å². The van der Waals surface area contributed by atoms with Crippen LogP contribution in [0, 0.1) is 11.3 Å². The third-order valence-corrected chi connectivity index (χ3v) is 3.47. The number of nitriles is 1. The lowest BCUT2D eigenvalue weighted by Gasteiger charge is -2.32. The lowest BCUT2D eigenvalue weighted by atomic mass is 9.94. The zero-order valence-electron chi connectivity index (χ0n) is 10.7. The number of hydrogen-bond donors (Lipinski definition) is 1. The first kappa shape index (κ1) is 13.5. The van der Waals surface area contributed by atoms with Crippen LogP contribution < -0.4 is 5.32 Å². The lowest BCUT2D eigenvalue weighted by Crippen LogP contribution is -2.43. The summed E-state index contributed by atoms with van der Waals surface area (Å²) in [6.45, 7) is 3.93. The van der Waals surface area contributed by atoms with Crippen LogP contribution in [0.4, 0.5) is 0 Å². The molecule has 0 heterocycles. The van der Waals surface area contributed by atoms with E-state index in [4.69, 9.17) is 5.26 Å². The van der Waals surface area contributed by atoms with Crippen LogP contribution in [0.1, 0.15) is 45.4 Å². The Labute approximate surface area is 99.8 Å². The molecule has 1 aliphatic carbocycles. The first-order valence-electron chi connectivity index (χ1n) is 6.61. The number of rotatable bonds is 6. The monoisotopic (exact) mass is 223 g/mol. The van der Waals surface area contributed by atoms with Crippen LogP contribution in [0.15, 0.2) is 0 Å². The van der Waals surface area contributed by atoms with Crippen molar-refractivity contribution in [3.63, 3.8) is 0 Å². The molecule has 0 aromatic rings. The Bertz CT molecular complexity index is 216. The van der Waals surface area contributed by atoms with Crippen molar-refractivity contribution in [2.45, 2.75) is 57.5 Å². The minimum atomic E-state index is -0.00752. The summed E-state index contributed by atoms with van der Waals surface area (Å²) in [5, 5.41) is 12.3. The Balaban J connectivity index is 2.29. The fourth-order valence-electron chi connectivity index (χ4n) is 2.43. The van der Waals surface area contributed by atoms with Gasteiger partial charge >= 0.3 is 0 Å². The first-order chi connectivity index (χ1) is 7.77. The van der Waals surface area contributed by atoms with Gasteiger partial charge in [-0.1, -0.05) is 26.2 Å². The number of nitrogens with zero attached hydrogens (tertiary/aromatic N) is 2. The van der Waals surface area contributed by atoms with Gasteiger partial charge in [0.05, 0.1) is 6.07 Å². The van der Waals surface area contributed by atoms with Gasteiger partial charge in [0.15, 0.2) is 0 Å². The van der Waals surface area contributed by atoms with Crippen LogP contribution in [0.3, 0.4) is 0 Å². The molecule has 1 unspecified atom stereocenters. The lowest BCUT2D eigenvalue weighted by molar-refractivity contribution is 0.183. The Kier molecular flexibility index (Phi) is 6.44. The molecule has 1 fully saturated rings. The largest absolute Gasteiger partial charge is 0.301 e. The molecule has 0 bridgehead atoms. The van der Waals surface area contributed by atoms with Gasteiger partial charge in [-0.3, -0.25) is 0 Å². The summed E-state index contributed by atoms with van der Waals surface area (Å²) < 4.78 is 0. The summed E-state index contributed by atoms with van der Waals surface area (Å²) in [5.74, 6) is 0. The Morgan fingerprint density at radius 3 is 2.62 bits per heavy atom. The van der Waals surface area contributed by atoms with E-state index in [0.29, 0.717) is 6.04 Å². The van der Waals surface area contributed by atoms with Crippen molar-refractivity contribution >= 4 is 0 Å². The fourth-order valence-corrected chi connectivity index (χ4v) is 2.43. The molecule has 0 amide bonds. The van der Waals surface area contributed by atoms with Crippen LogP contribution in [-0.2, 0) is 0 Å². The summed E-state index contributed by atoms with van der Waals surface area (Å²) in [6.07, 6.45) is 7.81. The van der Waals surface area contributed by atoms with Crippen molar-refractivity contribution in [3.8, 4) is 6.07 Å². The van der Waals surface area contributed by atoms with E-state index in [2.05, 4.69) is 30.3 Å². The van der Waals surface area contributed by atoms with Gasteiger partial charge in [0.2, 0.25) is 0 Å². The molecule has 16 heavy (non-hydrogen) atoms. The van der Waals surface area contributed by atoms with Gasteiger partial charge in [-0.2, -0.15) is 5.26 Å². The van der Waals surface area contributed by atoms with Gasteiger partial charge in [0.25, 0.3) is 0 Å². The molecule has 0 aromatic heterocycles. The molecule has 3 heteroatoms. The molecule has 0 aliphatic heterocycles. The fraction of sp³-hybridized carbons (Fsp3) is 0.923. The highest BCUT2D eigenvalue weighted by molar-refractivity contribution is 4.92. The second kappa shape index (κ2) is 7.65. The van der Waals surface area contributed by atoms with Crippen molar-refractivity contribution in [1.29, 1.82) is 5.26 Å². The van der Waals surface area contributed by atoms with Gasteiger partial charge in [0.1, 0.15) is 6.04 Å². The second-order valence-corrected chi connectivity index (χ2v) is 4.87. The summed E-state index contributed by atoms with van der Waals surface area (Å²) in [7, 11) is 2.16. The molecule has 1 saturated carbocycles. The Hall–Kier alpha value is -0.590. The predicted octanol–water partition coefficient (Wildman–Crippen LogP) is 2.14. The van der Waals surface area contributed by atoms with Gasteiger partial charge in [0, 0.05) is 12.6 Å². The van der Waals surface area contributed by atoms with Crippen LogP contribution in [-0.4, -0.2) is 37.1 Å². The summed E-state index contributed by atoms with van der Waals surface area (Å²) in [4.78, 5) is 2.37. The van der Waals surface area contributed by atoms with Crippen molar-refractivity contribution in [1.82, 2.24) is 10.2 Å². The molecule has 0 saturated heterocycles. The Morgan fingerprint density at radius 2 is 2.06 bits per heavy atom. The van der Waals surface area contributed by atoms with Gasteiger partial charge in [-0.05, 0) is 32.9 Å². The van der Waals surface area contributed by atoms with Gasteiger partial charge < -0.3 is 10.2 Å². The summed E-state index contributed by atoms with van der Waals surface area (Å²) in [5.41, 5.74) is 0. The maximum absolute atomic E-state index is 9.06. The molecule has 92 valence electrons. The highest BCUT2D eigenvalue weighted by Crippen LogP contribution is 2.21. The average Bonchev–Trinajstić information content (AvgIpc) is 2.35. The van der Waals surface area contributed by atoms with Crippen molar-refractivity contribution < 1.29 is 0 Å². The highest BCUT2D eigenvalue weighted by atomic mass is 15.2. The molecule has 3 nitrogen and oxygen atoms in total. The number of nitrogens with one attached hydrogen (secondary N) is 1. The van der Waals surface area contributed by atoms with E-state index in [-0.39, 0.29) is 6.04 Å². The van der Waals surface area contributed by atoms with E-state index in [9.17, 15) is 0 Å². The molecular formula is C13H25N3. The normalized spacial score (nSPS) is 19.6. The van der Waals surface area contributed by atoms with Crippen LogP contribution in [0.25, 0.3) is 0 Å². The molecule has 1 atom stereocenters. The summed E-state index contributed by atoms with van der Waals surface area (Å²) >= 11 is 0. The molecular weight excluding hydrogens is 198 g/mol. The highest BCUT2D eigenvalue weighted by Gasteiger charge is 2.20. The second-order valence-electron chi connectivity index (χ2n) is 4.87. The van der Waals surface area contributed by atoms with Crippen molar-refractivity contribution in [2.75, 3.05) is 20.1 Å². The van der Waals surface area contributed by atoms with Crippen LogP contribution in [0.5, 0.6) is 0 Å². The van der Waals surface area contributed by atoms with E-state index in [1.807, 2.05) is 0 Å². The molecule has 1 rings (SSSR count). The molecule has 1 N–H and O–H groups in total. The van der Waals surface area contributed by atoms with E-state index in [0.717, 1.165) is 19.5 Å². The molecule has 0 radical (unpaired) electrons. The number of likely N-dealkylation sites (N-methyl/N-ethyl adjacent to an activating group) is 1. The minimum Gasteiger partial charge on any atom is -0.301 e. The minimum absolute atomic E-state index is 0.00752.